The van der Waals surface area contributed by atoms with Gasteiger partial charge in [0.15, 0.2) is 0 Å². The van der Waals surface area contributed by atoms with Gasteiger partial charge in [0.1, 0.15) is 0 Å². The number of aromatic nitrogens is 1. The molecule has 1 heterocycles. The van der Waals surface area contributed by atoms with Gasteiger partial charge in [0.05, 0.1) is 10.6 Å². The van der Waals surface area contributed by atoms with Gasteiger partial charge in [-0.25, -0.2) is 4.98 Å². The standard InChI is InChI=1S/C14H15NOS/c1-10-9-17-13(15-10)8-14(16)7-6-11-4-2-3-5-12(11)14/h2-5,9,16H,6-8H2,1H3. The molecule has 0 saturated heterocycles. The maximum atomic E-state index is 10.8. The van der Waals surface area contributed by atoms with Crippen molar-refractivity contribution in [3.05, 3.63) is 51.5 Å². The third-order valence-electron chi connectivity index (χ3n) is 3.44. The van der Waals surface area contributed by atoms with Crippen molar-refractivity contribution in [3.8, 4) is 0 Å². The van der Waals surface area contributed by atoms with E-state index in [0.717, 1.165) is 29.1 Å². The molecule has 0 spiro atoms. The van der Waals surface area contributed by atoms with Crippen LogP contribution in [0.1, 0.15) is 28.2 Å². The van der Waals surface area contributed by atoms with Crippen molar-refractivity contribution < 1.29 is 5.11 Å². The van der Waals surface area contributed by atoms with Gasteiger partial charge in [-0.3, -0.25) is 0 Å². The Morgan fingerprint density at radius 2 is 2.24 bits per heavy atom. The lowest BCUT2D eigenvalue weighted by atomic mass is 9.93. The summed E-state index contributed by atoms with van der Waals surface area (Å²) in [6, 6.07) is 8.20. The summed E-state index contributed by atoms with van der Waals surface area (Å²) in [7, 11) is 0. The van der Waals surface area contributed by atoms with Crippen LogP contribution in [0.25, 0.3) is 0 Å². The second-order valence-corrected chi connectivity index (χ2v) is 5.69. The van der Waals surface area contributed by atoms with E-state index in [2.05, 4.69) is 11.1 Å². The smallest absolute Gasteiger partial charge is 0.0965 e. The summed E-state index contributed by atoms with van der Waals surface area (Å²) in [5, 5.41) is 13.8. The Morgan fingerprint density at radius 1 is 1.41 bits per heavy atom. The molecule has 3 heteroatoms. The average Bonchev–Trinajstić information content (AvgIpc) is 2.86. The van der Waals surface area contributed by atoms with E-state index in [9.17, 15) is 5.11 Å². The third-order valence-corrected chi connectivity index (χ3v) is 4.40. The summed E-state index contributed by atoms with van der Waals surface area (Å²) >= 11 is 1.64. The fraction of sp³-hybridized carbons (Fsp3) is 0.357. The molecule has 17 heavy (non-hydrogen) atoms. The van der Waals surface area contributed by atoms with E-state index in [4.69, 9.17) is 0 Å². The number of aryl methyl sites for hydroxylation is 2. The number of fused-ring (bicyclic) bond motifs is 1. The monoisotopic (exact) mass is 245 g/mol. The maximum Gasteiger partial charge on any atom is 0.0965 e. The van der Waals surface area contributed by atoms with Gasteiger partial charge in [0.2, 0.25) is 0 Å². The van der Waals surface area contributed by atoms with Crippen LogP contribution in [0.5, 0.6) is 0 Å². The lowest BCUT2D eigenvalue weighted by molar-refractivity contribution is 0.0389. The van der Waals surface area contributed by atoms with E-state index in [0.29, 0.717) is 6.42 Å². The number of hydrogen-bond donors (Lipinski definition) is 1. The molecule has 0 aliphatic heterocycles. The summed E-state index contributed by atoms with van der Waals surface area (Å²) in [6.45, 7) is 1.99. The normalized spacial score (nSPS) is 22.7. The van der Waals surface area contributed by atoms with Gasteiger partial charge in [-0.1, -0.05) is 24.3 Å². The minimum absolute atomic E-state index is 0.641. The minimum atomic E-state index is -0.707. The van der Waals surface area contributed by atoms with Gasteiger partial charge in [0, 0.05) is 17.5 Å². The fourth-order valence-corrected chi connectivity index (χ4v) is 3.46. The first kappa shape index (κ1) is 10.9. The third kappa shape index (κ3) is 1.90. The zero-order valence-corrected chi connectivity index (χ0v) is 10.6. The van der Waals surface area contributed by atoms with E-state index in [1.54, 1.807) is 11.3 Å². The van der Waals surface area contributed by atoms with Crippen LogP contribution in [0.2, 0.25) is 0 Å². The zero-order chi connectivity index (χ0) is 11.9. The summed E-state index contributed by atoms with van der Waals surface area (Å²) in [4.78, 5) is 4.45. The molecule has 88 valence electrons. The highest BCUT2D eigenvalue weighted by Gasteiger charge is 2.37. The fourth-order valence-electron chi connectivity index (χ4n) is 2.59. The van der Waals surface area contributed by atoms with Crippen LogP contribution in [-0.2, 0) is 18.4 Å². The highest BCUT2D eigenvalue weighted by molar-refractivity contribution is 7.09. The number of hydrogen-bond acceptors (Lipinski definition) is 3. The van der Waals surface area contributed by atoms with Crippen LogP contribution >= 0.6 is 11.3 Å². The molecule has 2 nitrogen and oxygen atoms in total. The Kier molecular flexibility index (Phi) is 2.53. The van der Waals surface area contributed by atoms with Crippen LogP contribution < -0.4 is 0 Å². The van der Waals surface area contributed by atoms with Gasteiger partial charge >= 0.3 is 0 Å². The van der Waals surface area contributed by atoms with Gasteiger partial charge in [-0.2, -0.15) is 0 Å². The lowest BCUT2D eigenvalue weighted by Gasteiger charge is -2.22. The molecule has 3 rings (SSSR count). The highest BCUT2D eigenvalue weighted by atomic mass is 32.1. The quantitative estimate of drug-likeness (QED) is 0.882. The van der Waals surface area contributed by atoms with Crippen LogP contribution in [-0.4, -0.2) is 10.1 Å². The Morgan fingerprint density at radius 3 is 3.00 bits per heavy atom. The number of nitrogens with zero attached hydrogens (tertiary/aromatic N) is 1. The molecule has 0 fully saturated rings. The van der Waals surface area contributed by atoms with E-state index in [1.807, 2.05) is 30.5 Å². The second kappa shape index (κ2) is 3.93. The van der Waals surface area contributed by atoms with E-state index >= 15 is 0 Å². The van der Waals surface area contributed by atoms with Crippen LogP contribution in [0.4, 0.5) is 0 Å². The van der Waals surface area contributed by atoms with Crippen molar-refractivity contribution in [1.29, 1.82) is 0 Å². The molecular formula is C14H15NOS. The summed E-state index contributed by atoms with van der Waals surface area (Å²) in [6.07, 6.45) is 2.42. The van der Waals surface area contributed by atoms with Crippen LogP contribution in [0.15, 0.2) is 29.6 Å². The van der Waals surface area contributed by atoms with Crippen molar-refractivity contribution in [2.45, 2.75) is 31.8 Å². The molecule has 1 aliphatic carbocycles. The van der Waals surface area contributed by atoms with Crippen molar-refractivity contribution in [2.75, 3.05) is 0 Å². The van der Waals surface area contributed by atoms with E-state index in [-0.39, 0.29) is 0 Å². The predicted molar refractivity (Wildman–Crippen MR) is 69.2 cm³/mol. The van der Waals surface area contributed by atoms with Gasteiger partial charge in [-0.15, -0.1) is 11.3 Å². The van der Waals surface area contributed by atoms with Crippen molar-refractivity contribution in [2.24, 2.45) is 0 Å². The largest absolute Gasteiger partial charge is 0.385 e. The van der Waals surface area contributed by atoms with Gasteiger partial charge < -0.3 is 5.11 Å². The molecule has 1 atom stereocenters. The predicted octanol–water partition coefficient (Wildman–Crippen LogP) is 2.83. The number of benzene rings is 1. The second-order valence-electron chi connectivity index (χ2n) is 4.75. The highest BCUT2D eigenvalue weighted by Crippen LogP contribution is 2.39. The topological polar surface area (TPSA) is 33.1 Å². The molecule has 1 aromatic carbocycles. The average molecular weight is 245 g/mol. The molecule has 0 bridgehead atoms. The van der Waals surface area contributed by atoms with Crippen LogP contribution in [0, 0.1) is 6.92 Å². The number of aliphatic hydroxyl groups is 1. The van der Waals surface area contributed by atoms with Crippen LogP contribution in [0.3, 0.4) is 0 Å². The first-order valence-corrected chi connectivity index (χ1v) is 6.77. The summed E-state index contributed by atoms with van der Waals surface area (Å²) < 4.78 is 0. The first-order chi connectivity index (χ1) is 8.17. The molecular weight excluding hydrogens is 230 g/mol. The maximum absolute atomic E-state index is 10.8. The first-order valence-electron chi connectivity index (χ1n) is 5.89. The SMILES string of the molecule is Cc1csc(CC2(O)CCc3ccccc32)n1. The Hall–Kier alpha value is -1.19. The molecule has 1 N–H and O–H groups in total. The minimum Gasteiger partial charge on any atom is -0.385 e. The molecule has 0 saturated carbocycles. The van der Waals surface area contributed by atoms with E-state index < -0.39 is 5.60 Å². The zero-order valence-electron chi connectivity index (χ0n) is 9.81. The Balaban J connectivity index is 1.93. The molecule has 0 radical (unpaired) electrons. The molecule has 1 aliphatic rings. The summed E-state index contributed by atoms with van der Waals surface area (Å²) in [5.74, 6) is 0. The van der Waals surface area contributed by atoms with Gasteiger partial charge in [-0.05, 0) is 30.9 Å². The number of rotatable bonds is 2. The number of thiazole rings is 1. The van der Waals surface area contributed by atoms with Crippen molar-refractivity contribution >= 4 is 11.3 Å². The Labute approximate surface area is 105 Å². The Bertz CT molecular complexity index is 549. The van der Waals surface area contributed by atoms with Crippen molar-refractivity contribution in [3.63, 3.8) is 0 Å². The molecule has 1 unspecified atom stereocenters. The molecule has 1 aromatic heterocycles. The van der Waals surface area contributed by atoms with Gasteiger partial charge in [0.25, 0.3) is 0 Å². The molecule has 0 amide bonds. The lowest BCUT2D eigenvalue weighted by Crippen LogP contribution is -2.25. The van der Waals surface area contributed by atoms with Crippen molar-refractivity contribution in [1.82, 2.24) is 4.98 Å². The van der Waals surface area contributed by atoms with E-state index in [1.165, 1.54) is 5.56 Å². The summed E-state index contributed by atoms with van der Waals surface area (Å²) in [5.41, 5.74) is 2.71. The molecule has 2 aromatic rings.